The molecular weight excluding hydrogens is 282 g/mol. The molecule has 0 saturated heterocycles. The number of benzene rings is 1. The summed E-state index contributed by atoms with van der Waals surface area (Å²) in [4.78, 5) is 8.81. The van der Waals surface area contributed by atoms with Crippen LogP contribution in [0.25, 0.3) is 0 Å². The van der Waals surface area contributed by atoms with Gasteiger partial charge in [0.1, 0.15) is 0 Å². The Bertz CT molecular complexity index is 584. The fraction of sp³-hybridized carbons (Fsp3) is 0.500. The first-order valence-electron chi connectivity index (χ1n) is 8.21. The van der Waals surface area contributed by atoms with Gasteiger partial charge in [0.15, 0.2) is 0 Å². The average Bonchev–Trinajstić information content (AvgIpc) is 2.49. The number of hydrogen-bond donors (Lipinski definition) is 1. The van der Waals surface area contributed by atoms with Gasteiger partial charge < -0.3 is 5.73 Å². The number of hydrogen-bond acceptors (Lipinski definition) is 3. The molecule has 0 saturated carbocycles. The smallest absolute Gasteiger partial charge is 0.0643 e. The number of nitrogens with two attached hydrogens (primary N) is 1. The van der Waals surface area contributed by atoms with Crippen molar-refractivity contribution in [2.45, 2.75) is 53.5 Å². The maximum atomic E-state index is 5.78. The standard InChI is InChI=1S/C20H31N3/c1-14(2)19(18(12-21)22-7)15(3)23-13-16-8-10-17(11-9-16)20(4,5)6/h8-11,14H,7,12-13,21H2,1-6H3/b19-18-,23-15?. The Kier molecular flexibility index (Phi) is 6.89. The van der Waals surface area contributed by atoms with E-state index in [1.807, 2.05) is 6.92 Å². The van der Waals surface area contributed by atoms with Gasteiger partial charge in [0.2, 0.25) is 0 Å². The summed E-state index contributed by atoms with van der Waals surface area (Å²) in [7, 11) is 0. The van der Waals surface area contributed by atoms with E-state index < -0.39 is 0 Å². The molecule has 0 bridgehead atoms. The predicted octanol–water partition coefficient (Wildman–Crippen LogP) is 4.51. The number of nitrogens with zero attached hydrogens (tertiary/aromatic N) is 2. The van der Waals surface area contributed by atoms with Crippen LogP contribution in [0.2, 0.25) is 0 Å². The van der Waals surface area contributed by atoms with Gasteiger partial charge in [0.25, 0.3) is 0 Å². The van der Waals surface area contributed by atoms with E-state index in [0.29, 0.717) is 19.0 Å². The minimum Gasteiger partial charge on any atom is -0.325 e. The first-order valence-corrected chi connectivity index (χ1v) is 8.21. The van der Waals surface area contributed by atoms with Crippen LogP contribution in [0.5, 0.6) is 0 Å². The van der Waals surface area contributed by atoms with Crippen LogP contribution in [0.15, 0.2) is 45.5 Å². The summed E-state index contributed by atoms with van der Waals surface area (Å²) >= 11 is 0. The molecule has 0 heterocycles. The highest BCUT2D eigenvalue weighted by atomic mass is 14.8. The fourth-order valence-electron chi connectivity index (χ4n) is 2.62. The average molecular weight is 313 g/mol. The zero-order valence-corrected chi connectivity index (χ0v) is 15.5. The molecule has 0 aromatic heterocycles. The van der Waals surface area contributed by atoms with Crippen molar-refractivity contribution in [3.63, 3.8) is 0 Å². The fourth-order valence-corrected chi connectivity index (χ4v) is 2.62. The highest BCUT2D eigenvalue weighted by molar-refractivity contribution is 5.99. The van der Waals surface area contributed by atoms with E-state index >= 15 is 0 Å². The molecule has 0 aliphatic carbocycles. The summed E-state index contributed by atoms with van der Waals surface area (Å²) in [5, 5.41) is 0. The third-order valence-corrected chi connectivity index (χ3v) is 3.98. The first kappa shape index (κ1) is 19.3. The van der Waals surface area contributed by atoms with Crippen molar-refractivity contribution in [3.05, 3.63) is 46.7 Å². The second-order valence-corrected chi connectivity index (χ2v) is 7.23. The zero-order valence-electron chi connectivity index (χ0n) is 15.5. The summed E-state index contributed by atoms with van der Waals surface area (Å²) in [6, 6.07) is 8.70. The van der Waals surface area contributed by atoms with Crippen molar-refractivity contribution < 1.29 is 0 Å². The highest BCUT2D eigenvalue weighted by Crippen LogP contribution is 2.23. The van der Waals surface area contributed by atoms with Crippen LogP contribution in [0.4, 0.5) is 0 Å². The Labute approximate surface area is 141 Å². The van der Waals surface area contributed by atoms with E-state index in [2.05, 4.69) is 70.6 Å². The molecule has 3 nitrogen and oxygen atoms in total. The van der Waals surface area contributed by atoms with E-state index in [-0.39, 0.29) is 5.41 Å². The SMILES string of the molecule is C=N/C(CN)=C(\C(C)=NCc1ccc(C(C)(C)C)cc1)C(C)C. The molecule has 0 atom stereocenters. The molecule has 1 aromatic carbocycles. The van der Waals surface area contributed by atoms with Crippen molar-refractivity contribution in [2.75, 3.05) is 6.54 Å². The summed E-state index contributed by atoms with van der Waals surface area (Å²) < 4.78 is 0. The van der Waals surface area contributed by atoms with Crippen LogP contribution >= 0.6 is 0 Å². The molecule has 0 amide bonds. The van der Waals surface area contributed by atoms with E-state index in [9.17, 15) is 0 Å². The van der Waals surface area contributed by atoms with Crippen LogP contribution in [0.3, 0.4) is 0 Å². The van der Waals surface area contributed by atoms with Crippen LogP contribution in [0, 0.1) is 5.92 Å². The molecule has 1 rings (SSSR count). The second kappa shape index (κ2) is 8.21. The Morgan fingerprint density at radius 1 is 1.17 bits per heavy atom. The molecule has 0 aliphatic rings. The normalized spacial score (nSPS) is 14.0. The summed E-state index contributed by atoms with van der Waals surface area (Å²) in [5.41, 5.74) is 11.4. The molecule has 0 aliphatic heterocycles. The molecule has 126 valence electrons. The van der Waals surface area contributed by atoms with Crippen molar-refractivity contribution in [1.82, 2.24) is 0 Å². The maximum absolute atomic E-state index is 5.78. The Morgan fingerprint density at radius 2 is 1.74 bits per heavy atom. The van der Waals surface area contributed by atoms with E-state index in [1.165, 1.54) is 11.1 Å². The Hall–Kier alpha value is -1.74. The van der Waals surface area contributed by atoms with Gasteiger partial charge in [-0.05, 0) is 41.7 Å². The van der Waals surface area contributed by atoms with E-state index in [1.54, 1.807) is 0 Å². The van der Waals surface area contributed by atoms with Gasteiger partial charge in [-0.15, -0.1) is 0 Å². The molecule has 0 radical (unpaired) electrons. The molecule has 0 fully saturated rings. The van der Waals surface area contributed by atoms with Gasteiger partial charge in [0, 0.05) is 12.3 Å². The van der Waals surface area contributed by atoms with Gasteiger partial charge in [0.05, 0.1) is 12.2 Å². The quantitative estimate of drug-likeness (QED) is 0.772. The lowest BCUT2D eigenvalue weighted by Gasteiger charge is -2.19. The van der Waals surface area contributed by atoms with Gasteiger partial charge in [-0.1, -0.05) is 58.9 Å². The first-order chi connectivity index (χ1) is 10.7. The lowest BCUT2D eigenvalue weighted by Crippen LogP contribution is -2.14. The third kappa shape index (κ3) is 5.43. The number of allylic oxidation sites excluding steroid dienone is 1. The summed E-state index contributed by atoms with van der Waals surface area (Å²) in [6.45, 7) is 17.6. The molecular formula is C20H31N3. The van der Waals surface area contributed by atoms with Crippen molar-refractivity contribution >= 4 is 12.4 Å². The molecule has 23 heavy (non-hydrogen) atoms. The van der Waals surface area contributed by atoms with Crippen molar-refractivity contribution in [2.24, 2.45) is 21.6 Å². The maximum Gasteiger partial charge on any atom is 0.0643 e. The minimum atomic E-state index is 0.178. The van der Waals surface area contributed by atoms with E-state index in [4.69, 9.17) is 10.7 Å². The molecule has 3 heteroatoms. The van der Waals surface area contributed by atoms with Crippen LogP contribution in [-0.4, -0.2) is 19.0 Å². The van der Waals surface area contributed by atoms with Crippen molar-refractivity contribution in [3.8, 4) is 0 Å². The topological polar surface area (TPSA) is 50.7 Å². The Balaban J connectivity index is 2.99. The molecule has 0 unspecified atom stereocenters. The molecule has 1 aromatic rings. The monoisotopic (exact) mass is 313 g/mol. The lowest BCUT2D eigenvalue weighted by atomic mass is 9.87. The third-order valence-electron chi connectivity index (χ3n) is 3.98. The minimum absolute atomic E-state index is 0.178. The molecule has 0 spiro atoms. The van der Waals surface area contributed by atoms with Gasteiger partial charge in [-0.25, -0.2) is 0 Å². The van der Waals surface area contributed by atoms with Gasteiger partial charge in [-0.2, -0.15) is 0 Å². The lowest BCUT2D eigenvalue weighted by molar-refractivity contribution is 0.590. The predicted molar refractivity (Wildman–Crippen MR) is 102 cm³/mol. The summed E-state index contributed by atoms with van der Waals surface area (Å²) in [6.07, 6.45) is 0. The van der Waals surface area contributed by atoms with Gasteiger partial charge >= 0.3 is 0 Å². The number of aliphatic imine (C=N–C) groups is 2. The van der Waals surface area contributed by atoms with Gasteiger partial charge in [-0.3, -0.25) is 9.98 Å². The van der Waals surface area contributed by atoms with Crippen LogP contribution in [-0.2, 0) is 12.0 Å². The van der Waals surface area contributed by atoms with Crippen LogP contribution < -0.4 is 5.73 Å². The number of rotatable bonds is 6. The Morgan fingerprint density at radius 3 is 2.13 bits per heavy atom. The molecule has 2 N–H and O–H groups in total. The summed E-state index contributed by atoms with van der Waals surface area (Å²) in [5.74, 6) is 0.325. The zero-order chi connectivity index (χ0) is 17.6. The second-order valence-electron chi connectivity index (χ2n) is 7.23. The largest absolute Gasteiger partial charge is 0.325 e. The highest BCUT2D eigenvalue weighted by Gasteiger charge is 2.14. The van der Waals surface area contributed by atoms with Crippen LogP contribution in [0.1, 0.15) is 52.7 Å². The van der Waals surface area contributed by atoms with Crippen molar-refractivity contribution in [1.29, 1.82) is 0 Å². The van der Waals surface area contributed by atoms with E-state index in [0.717, 1.165) is 17.0 Å².